The van der Waals surface area contributed by atoms with E-state index < -0.39 is 46.5 Å². The fourth-order valence-corrected chi connectivity index (χ4v) is 3.44. The van der Waals surface area contributed by atoms with Gasteiger partial charge in [0.05, 0.1) is 6.61 Å². The van der Waals surface area contributed by atoms with Gasteiger partial charge in [0.2, 0.25) is 5.79 Å². The summed E-state index contributed by atoms with van der Waals surface area (Å²) in [5, 5.41) is 4.89. The molecule has 2 N–H and O–H groups in total. The van der Waals surface area contributed by atoms with Crippen LogP contribution in [0, 0.1) is 0 Å². The first-order valence-corrected chi connectivity index (χ1v) is 8.43. The molecule has 3 fully saturated rings. The van der Waals surface area contributed by atoms with Crippen molar-refractivity contribution < 1.29 is 36.3 Å². The average Bonchev–Trinajstić information content (AvgIpc) is 2.78. The molecule has 0 aromatic rings. The van der Waals surface area contributed by atoms with Crippen molar-refractivity contribution in [2.75, 3.05) is 13.2 Å². The molecule has 0 radical (unpaired) electrons. The summed E-state index contributed by atoms with van der Waals surface area (Å²) in [5.74, 6) is -3.19. The Morgan fingerprint density at radius 1 is 1.14 bits per heavy atom. The van der Waals surface area contributed by atoms with E-state index in [1.54, 1.807) is 27.7 Å². The van der Waals surface area contributed by atoms with E-state index in [1.807, 2.05) is 0 Å². The van der Waals surface area contributed by atoms with Crippen molar-refractivity contribution in [2.45, 2.75) is 63.4 Å². The number of fused-ring (bicyclic) bond motifs is 3. The van der Waals surface area contributed by atoms with Crippen molar-refractivity contribution in [1.82, 2.24) is 0 Å². The van der Waals surface area contributed by atoms with Crippen LogP contribution in [0.15, 0.2) is 0 Å². The van der Waals surface area contributed by atoms with Crippen LogP contribution >= 0.6 is 0 Å². The smallest absolute Gasteiger partial charge is 0.333 e. The number of hydrogen-bond donors (Lipinski definition) is 1. The third kappa shape index (κ3) is 3.02. The third-order valence-electron chi connectivity index (χ3n) is 3.70. The molecule has 3 rings (SSSR count). The van der Waals surface area contributed by atoms with Crippen molar-refractivity contribution in [3.63, 3.8) is 0 Å². The number of nitrogens with two attached hydrogens (primary N) is 1. The molecule has 0 spiro atoms. The van der Waals surface area contributed by atoms with Crippen molar-refractivity contribution in [2.24, 2.45) is 5.14 Å². The maximum absolute atomic E-state index is 11.1. The number of rotatable bonds is 3. The number of ether oxygens (including phenoxy) is 5. The van der Waals surface area contributed by atoms with E-state index in [0.29, 0.717) is 0 Å². The molecule has 3 aliphatic rings. The van der Waals surface area contributed by atoms with Crippen LogP contribution in [0.2, 0.25) is 0 Å². The lowest BCUT2D eigenvalue weighted by Crippen LogP contribution is -2.60. The Bertz CT molecular complexity index is 561. The van der Waals surface area contributed by atoms with Gasteiger partial charge >= 0.3 is 10.3 Å². The monoisotopic (exact) mass is 339 g/mol. The maximum atomic E-state index is 11.1. The Morgan fingerprint density at radius 3 is 2.45 bits per heavy atom. The Hall–Kier alpha value is -0.330. The molecule has 9 nitrogen and oxygen atoms in total. The molecule has 4 atom stereocenters. The molecule has 128 valence electrons. The summed E-state index contributed by atoms with van der Waals surface area (Å²) < 4.78 is 55.9. The standard InChI is InChI=1S/C12H21NO8S/c1-10(2)18-7-5-16-12(6-17-22(13,14)15)9(8(7)19-10)20-11(3,4)21-12/h7-9H,5-6H2,1-4H3,(H2,13,14,15)/t7-,8+,9+,12-/m1/s1. The van der Waals surface area contributed by atoms with Crippen LogP contribution in [0.1, 0.15) is 27.7 Å². The Morgan fingerprint density at radius 2 is 1.82 bits per heavy atom. The van der Waals surface area contributed by atoms with E-state index in [9.17, 15) is 8.42 Å². The van der Waals surface area contributed by atoms with Crippen LogP contribution in [-0.2, 0) is 38.2 Å². The molecule has 0 aromatic heterocycles. The Kier molecular flexibility index (Phi) is 3.63. The van der Waals surface area contributed by atoms with Crippen LogP contribution < -0.4 is 5.14 Å². The number of hydrogen-bond acceptors (Lipinski definition) is 8. The van der Waals surface area contributed by atoms with Gasteiger partial charge in [-0.05, 0) is 27.7 Å². The average molecular weight is 339 g/mol. The van der Waals surface area contributed by atoms with Gasteiger partial charge in [-0.1, -0.05) is 0 Å². The van der Waals surface area contributed by atoms with Crippen LogP contribution in [0.4, 0.5) is 0 Å². The molecular weight excluding hydrogens is 318 g/mol. The van der Waals surface area contributed by atoms with Gasteiger partial charge in [-0.3, -0.25) is 4.18 Å². The van der Waals surface area contributed by atoms with Crippen molar-refractivity contribution in [3.8, 4) is 0 Å². The van der Waals surface area contributed by atoms with Crippen LogP contribution in [0.3, 0.4) is 0 Å². The SMILES string of the molecule is CC1(C)O[C@H]2[C@@H](CO[C@]3(COS(N)(=O)=O)OC(C)(C)O[C@@H]23)O1. The highest BCUT2D eigenvalue weighted by molar-refractivity contribution is 7.84. The van der Waals surface area contributed by atoms with Crippen LogP contribution in [-0.4, -0.2) is 57.3 Å². The van der Waals surface area contributed by atoms with E-state index in [1.165, 1.54) is 0 Å². The van der Waals surface area contributed by atoms with E-state index in [4.69, 9.17) is 33.0 Å². The van der Waals surface area contributed by atoms with E-state index in [2.05, 4.69) is 0 Å². The Balaban J connectivity index is 1.87. The zero-order valence-electron chi connectivity index (χ0n) is 12.9. The second kappa shape index (κ2) is 4.84. The summed E-state index contributed by atoms with van der Waals surface area (Å²) in [6, 6.07) is 0. The highest BCUT2D eigenvalue weighted by atomic mass is 32.2. The molecular formula is C12H21NO8S. The minimum Gasteiger partial charge on any atom is -0.343 e. The molecule has 3 aliphatic heterocycles. The third-order valence-corrected chi connectivity index (χ3v) is 4.15. The second-order valence-electron chi connectivity index (χ2n) is 6.56. The van der Waals surface area contributed by atoms with Crippen molar-refractivity contribution in [1.29, 1.82) is 0 Å². The molecule has 22 heavy (non-hydrogen) atoms. The highest BCUT2D eigenvalue weighted by Crippen LogP contribution is 2.47. The molecule has 0 saturated carbocycles. The lowest BCUT2D eigenvalue weighted by atomic mass is 9.98. The normalized spacial score (nSPS) is 42.9. The minimum absolute atomic E-state index is 0.165. The second-order valence-corrected chi connectivity index (χ2v) is 7.78. The molecule has 0 unspecified atom stereocenters. The van der Waals surface area contributed by atoms with Gasteiger partial charge in [0.1, 0.15) is 24.9 Å². The molecule has 0 bridgehead atoms. The molecule has 0 aromatic carbocycles. The summed E-state index contributed by atoms with van der Waals surface area (Å²) in [6.45, 7) is 6.71. The molecule has 3 saturated heterocycles. The summed E-state index contributed by atoms with van der Waals surface area (Å²) in [6.07, 6.45) is -1.50. The summed E-state index contributed by atoms with van der Waals surface area (Å²) in [7, 11) is -4.14. The van der Waals surface area contributed by atoms with Gasteiger partial charge in [0.15, 0.2) is 11.6 Å². The summed E-state index contributed by atoms with van der Waals surface area (Å²) >= 11 is 0. The fourth-order valence-electron chi connectivity index (χ4n) is 3.11. The first-order chi connectivity index (χ1) is 9.92. The molecule has 3 heterocycles. The quantitative estimate of drug-likeness (QED) is 0.739. The highest BCUT2D eigenvalue weighted by Gasteiger charge is 2.65. The lowest BCUT2D eigenvalue weighted by Gasteiger charge is -2.40. The van der Waals surface area contributed by atoms with Gasteiger partial charge in [-0.25, -0.2) is 5.14 Å². The predicted molar refractivity (Wildman–Crippen MR) is 71.6 cm³/mol. The lowest BCUT2D eigenvalue weighted by molar-refractivity contribution is -0.290. The minimum atomic E-state index is -4.14. The first-order valence-electron chi connectivity index (χ1n) is 6.96. The van der Waals surface area contributed by atoms with E-state index in [0.717, 1.165) is 0 Å². The van der Waals surface area contributed by atoms with Gasteiger partial charge < -0.3 is 23.7 Å². The van der Waals surface area contributed by atoms with Gasteiger partial charge in [0.25, 0.3) is 0 Å². The van der Waals surface area contributed by atoms with E-state index >= 15 is 0 Å². The van der Waals surface area contributed by atoms with Crippen LogP contribution in [0.25, 0.3) is 0 Å². The molecule has 10 heteroatoms. The van der Waals surface area contributed by atoms with Crippen LogP contribution in [0.5, 0.6) is 0 Å². The van der Waals surface area contributed by atoms with Crippen molar-refractivity contribution >= 4 is 10.3 Å². The predicted octanol–water partition coefficient (Wildman–Crippen LogP) is -0.395. The summed E-state index contributed by atoms with van der Waals surface area (Å²) in [4.78, 5) is 0. The Labute approximate surface area is 129 Å². The largest absolute Gasteiger partial charge is 0.343 e. The van der Waals surface area contributed by atoms with Gasteiger partial charge in [-0.2, -0.15) is 8.42 Å². The van der Waals surface area contributed by atoms with Gasteiger partial charge in [0, 0.05) is 0 Å². The van der Waals surface area contributed by atoms with Crippen molar-refractivity contribution in [3.05, 3.63) is 0 Å². The first kappa shape index (κ1) is 16.5. The fraction of sp³-hybridized carbons (Fsp3) is 1.00. The maximum Gasteiger partial charge on any atom is 0.333 e. The topological polar surface area (TPSA) is 116 Å². The zero-order valence-corrected chi connectivity index (χ0v) is 13.7. The van der Waals surface area contributed by atoms with Gasteiger partial charge in [-0.15, -0.1) is 0 Å². The summed E-state index contributed by atoms with van der Waals surface area (Å²) in [5.41, 5.74) is 0. The zero-order chi connectivity index (χ0) is 16.4. The molecule has 0 aliphatic carbocycles. The molecule has 0 amide bonds. The van der Waals surface area contributed by atoms with E-state index in [-0.39, 0.29) is 12.7 Å².